The van der Waals surface area contributed by atoms with E-state index in [9.17, 15) is 0 Å². The van der Waals surface area contributed by atoms with E-state index in [1.807, 2.05) is 20.8 Å². The van der Waals surface area contributed by atoms with Crippen molar-refractivity contribution in [3.05, 3.63) is 34.1 Å². The highest BCUT2D eigenvalue weighted by Gasteiger charge is 2.17. The van der Waals surface area contributed by atoms with Crippen LogP contribution in [0.5, 0.6) is 0 Å². The molecule has 0 spiro atoms. The smallest absolute Gasteiger partial charge is 0.0679 e. The quantitative estimate of drug-likeness (QED) is 0.895. The van der Waals surface area contributed by atoms with E-state index in [0.29, 0.717) is 6.04 Å². The molecule has 0 radical (unpaired) electrons. The SMILES string of the molecule is C=C(/C=c1/c(C)nnc(C)/c1=C/C)N(C)[C@@H]1CCCNC1. The molecule has 1 aromatic heterocycles. The number of rotatable bonds is 3. The molecule has 0 saturated carbocycles. The maximum Gasteiger partial charge on any atom is 0.0679 e. The summed E-state index contributed by atoms with van der Waals surface area (Å²) in [5, 5.41) is 14.2. The Balaban J connectivity index is 2.35. The van der Waals surface area contributed by atoms with Gasteiger partial charge >= 0.3 is 0 Å². The first-order valence-corrected chi connectivity index (χ1v) is 7.65. The van der Waals surface area contributed by atoms with Gasteiger partial charge in [-0.25, -0.2) is 0 Å². The zero-order chi connectivity index (χ0) is 15.4. The van der Waals surface area contributed by atoms with Gasteiger partial charge in [-0.3, -0.25) is 0 Å². The van der Waals surface area contributed by atoms with Crippen LogP contribution >= 0.6 is 0 Å². The Bertz CT molecular complexity index is 627. The zero-order valence-corrected chi connectivity index (χ0v) is 13.6. The van der Waals surface area contributed by atoms with Gasteiger partial charge in [-0.1, -0.05) is 12.7 Å². The third-order valence-electron chi connectivity index (χ3n) is 4.29. The van der Waals surface area contributed by atoms with Gasteiger partial charge in [-0.2, -0.15) is 10.2 Å². The number of aryl methyl sites for hydroxylation is 2. The second-order valence-electron chi connectivity index (χ2n) is 5.73. The van der Waals surface area contributed by atoms with Crippen LogP contribution in [-0.4, -0.2) is 41.3 Å². The lowest BCUT2D eigenvalue weighted by Crippen LogP contribution is -2.43. The van der Waals surface area contributed by atoms with Crippen LogP contribution in [0, 0.1) is 13.8 Å². The summed E-state index contributed by atoms with van der Waals surface area (Å²) in [4.78, 5) is 2.28. The van der Waals surface area contributed by atoms with Crippen molar-refractivity contribution in [3.8, 4) is 0 Å². The highest BCUT2D eigenvalue weighted by atomic mass is 15.2. The predicted molar refractivity (Wildman–Crippen MR) is 88.2 cm³/mol. The molecule has 0 unspecified atom stereocenters. The van der Waals surface area contributed by atoms with E-state index >= 15 is 0 Å². The molecule has 0 bridgehead atoms. The van der Waals surface area contributed by atoms with Gasteiger partial charge in [0.25, 0.3) is 0 Å². The Hall–Kier alpha value is -1.68. The van der Waals surface area contributed by atoms with E-state index < -0.39 is 0 Å². The molecule has 1 aliphatic rings. The number of allylic oxidation sites excluding steroid dienone is 1. The Morgan fingerprint density at radius 3 is 2.52 bits per heavy atom. The summed E-state index contributed by atoms with van der Waals surface area (Å²) in [6, 6.07) is 0.521. The summed E-state index contributed by atoms with van der Waals surface area (Å²) < 4.78 is 0. The van der Waals surface area contributed by atoms with E-state index in [1.54, 1.807) is 0 Å². The first-order valence-electron chi connectivity index (χ1n) is 7.65. The largest absolute Gasteiger partial charge is 0.371 e. The molecule has 1 saturated heterocycles. The number of aromatic nitrogens is 2. The molecule has 1 N–H and O–H groups in total. The van der Waals surface area contributed by atoms with Crippen molar-refractivity contribution in [1.29, 1.82) is 0 Å². The van der Waals surface area contributed by atoms with Crippen molar-refractivity contribution in [2.45, 2.75) is 39.7 Å². The average Bonchev–Trinajstić information content (AvgIpc) is 2.51. The summed E-state index contributed by atoms with van der Waals surface area (Å²) >= 11 is 0. The Kier molecular flexibility index (Phi) is 5.12. The second-order valence-corrected chi connectivity index (χ2v) is 5.73. The summed E-state index contributed by atoms with van der Waals surface area (Å²) in [5.41, 5.74) is 2.94. The fourth-order valence-electron chi connectivity index (χ4n) is 2.86. The maximum atomic E-state index is 4.25. The summed E-state index contributed by atoms with van der Waals surface area (Å²) in [6.07, 6.45) is 6.68. The molecule has 2 rings (SSSR count). The number of hydrogen-bond acceptors (Lipinski definition) is 4. The topological polar surface area (TPSA) is 41.1 Å². The second kappa shape index (κ2) is 6.85. The molecule has 1 fully saturated rings. The van der Waals surface area contributed by atoms with Gasteiger partial charge in [-0.15, -0.1) is 0 Å². The van der Waals surface area contributed by atoms with Crippen LogP contribution in [0.15, 0.2) is 12.3 Å². The first kappa shape index (κ1) is 15.7. The number of hydrogen-bond donors (Lipinski definition) is 1. The Morgan fingerprint density at radius 2 is 1.95 bits per heavy atom. The molecular weight excluding hydrogens is 260 g/mol. The standard InChI is InChI=1S/C17H26N4/c1-6-16-13(3)19-20-14(4)17(16)10-12(2)21(5)15-8-7-9-18-11-15/h6,10,15,18H,2,7-9,11H2,1,3-5H3/b16-6-,17-10-/t15-/m1/s1. The lowest BCUT2D eigenvalue weighted by Gasteiger charge is -2.33. The normalized spacial score (nSPS) is 20.7. The zero-order valence-electron chi connectivity index (χ0n) is 13.6. The molecule has 1 atom stereocenters. The molecule has 1 aliphatic heterocycles. The maximum absolute atomic E-state index is 4.25. The van der Waals surface area contributed by atoms with Crippen LogP contribution in [0.25, 0.3) is 12.2 Å². The molecule has 4 nitrogen and oxygen atoms in total. The third kappa shape index (κ3) is 3.50. The molecule has 0 amide bonds. The molecule has 4 heteroatoms. The number of nitrogens with zero attached hydrogens (tertiary/aromatic N) is 3. The number of nitrogens with one attached hydrogen (secondary N) is 1. The molecule has 1 aromatic rings. The Labute approximate surface area is 127 Å². The van der Waals surface area contributed by atoms with Crippen LogP contribution in [-0.2, 0) is 0 Å². The van der Waals surface area contributed by atoms with Crippen LogP contribution < -0.4 is 15.8 Å². The monoisotopic (exact) mass is 286 g/mol. The number of piperidine rings is 1. The van der Waals surface area contributed by atoms with Crippen LogP contribution in [0.2, 0.25) is 0 Å². The minimum absolute atomic E-state index is 0.521. The number of likely N-dealkylation sites (N-methyl/N-ethyl adjacent to an activating group) is 1. The van der Waals surface area contributed by atoms with Crippen LogP contribution in [0.3, 0.4) is 0 Å². The van der Waals surface area contributed by atoms with E-state index in [4.69, 9.17) is 0 Å². The first-order chi connectivity index (χ1) is 10.0. The highest BCUT2D eigenvalue weighted by Crippen LogP contribution is 2.13. The Morgan fingerprint density at radius 1 is 1.29 bits per heavy atom. The summed E-state index contributed by atoms with van der Waals surface area (Å²) in [7, 11) is 2.13. The van der Waals surface area contributed by atoms with Gasteiger partial charge in [-0.05, 0) is 46.2 Å². The van der Waals surface area contributed by atoms with Gasteiger partial charge in [0.1, 0.15) is 0 Å². The average molecular weight is 286 g/mol. The predicted octanol–water partition coefficient (Wildman–Crippen LogP) is 0.872. The van der Waals surface area contributed by atoms with Gasteiger partial charge in [0.2, 0.25) is 0 Å². The van der Waals surface area contributed by atoms with Crippen molar-refractivity contribution in [3.63, 3.8) is 0 Å². The minimum atomic E-state index is 0.521. The van der Waals surface area contributed by atoms with E-state index in [2.05, 4.69) is 46.2 Å². The minimum Gasteiger partial charge on any atom is -0.371 e. The molecule has 114 valence electrons. The summed E-state index contributed by atoms with van der Waals surface area (Å²) in [5.74, 6) is 0. The highest BCUT2D eigenvalue weighted by molar-refractivity contribution is 5.46. The van der Waals surface area contributed by atoms with Gasteiger partial charge in [0, 0.05) is 35.8 Å². The van der Waals surface area contributed by atoms with Crippen molar-refractivity contribution >= 4 is 12.2 Å². The van der Waals surface area contributed by atoms with Gasteiger partial charge in [0.15, 0.2) is 0 Å². The van der Waals surface area contributed by atoms with Crippen molar-refractivity contribution < 1.29 is 0 Å². The van der Waals surface area contributed by atoms with Crippen LogP contribution in [0.4, 0.5) is 0 Å². The van der Waals surface area contributed by atoms with E-state index in [1.165, 1.54) is 12.8 Å². The van der Waals surface area contributed by atoms with E-state index in [0.717, 1.165) is 40.6 Å². The molecular formula is C17H26N4. The fraction of sp³-hybridized carbons (Fsp3) is 0.529. The molecule has 0 aliphatic carbocycles. The van der Waals surface area contributed by atoms with Crippen molar-refractivity contribution in [2.75, 3.05) is 20.1 Å². The van der Waals surface area contributed by atoms with Crippen LogP contribution in [0.1, 0.15) is 31.2 Å². The van der Waals surface area contributed by atoms with Crippen molar-refractivity contribution in [2.24, 2.45) is 0 Å². The fourth-order valence-corrected chi connectivity index (χ4v) is 2.86. The lowest BCUT2D eigenvalue weighted by atomic mass is 10.1. The van der Waals surface area contributed by atoms with Crippen molar-refractivity contribution in [1.82, 2.24) is 20.4 Å². The molecule has 21 heavy (non-hydrogen) atoms. The summed E-state index contributed by atoms with van der Waals surface area (Å²) in [6.45, 7) is 12.4. The van der Waals surface area contributed by atoms with Gasteiger partial charge in [0.05, 0.1) is 11.4 Å². The van der Waals surface area contributed by atoms with Gasteiger partial charge < -0.3 is 10.2 Å². The third-order valence-corrected chi connectivity index (χ3v) is 4.29. The molecule has 0 aromatic carbocycles. The van der Waals surface area contributed by atoms with E-state index in [-0.39, 0.29) is 0 Å². The molecule has 2 heterocycles. The lowest BCUT2D eigenvalue weighted by molar-refractivity contribution is 0.259.